The van der Waals surface area contributed by atoms with Crippen molar-refractivity contribution in [1.29, 1.82) is 0 Å². The van der Waals surface area contributed by atoms with E-state index in [-0.39, 0.29) is 19.3 Å². The number of aliphatic carboxylic acids is 1. The summed E-state index contributed by atoms with van der Waals surface area (Å²) in [5.74, 6) is -3.15. The number of carboxylic acids is 1. The molecule has 0 bridgehead atoms. The van der Waals surface area contributed by atoms with Crippen LogP contribution in [-0.2, 0) is 38.4 Å². The monoisotopic (exact) mass is 535 g/mol. The third-order valence-electron chi connectivity index (χ3n) is 6.10. The first-order valence-corrected chi connectivity index (χ1v) is 12.2. The van der Waals surface area contributed by atoms with Crippen molar-refractivity contribution in [3.63, 3.8) is 0 Å². The number of aromatic nitrogens is 5. The number of H-pyrrole nitrogens is 3. The predicted octanol–water partition coefficient (Wildman–Crippen LogP) is -0.860. The van der Waals surface area contributed by atoms with Gasteiger partial charge in [-0.3, -0.25) is 14.4 Å². The fourth-order valence-electron chi connectivity index (χ4n) is 4.09. The molecule has 9 N–H and O–H groups in total. The van der Waals surface area contributed by atoms with Gasteiger partial charge in [0.1, 0.15) is 12.1 Å². The minimum absolute atomic E-state index is 0.0159. The molecule has 3 unspecified atom stereocenters. The number of nitrogens with one attached hydrogen (secondary N) is 6. The van der Waals surface area contributed by atoms with Crippen LogP contribution in [0.15, 0.2) is 55.5 Å². The van der Waals surface area contributed by atoms with Crippen LogP contribution >= 0.6 is 0 Å². The number of para-hydroxylation sites is 1. The van der Waals surface area contributed by atoms with E-state index in [0.717, 1.165) is 16.5 Å². The van der Waals surface area contributed by atoms with E-state index in [1.807, 2.05) is 24.3 Å². The molecule has 39 heavy (non-hydrogen) atoms. The SMILES string of the molecule is NC(Cc1c[nH]c2ccccc12)C(=O)NCC(=O)NC(Cc1cnc[nH]1)C(=O)NC(Cc1cnc[nH]1)C(=O)O. The molecule has 0 aliphatic carbocycles. The number of carbonyl (C=O) groups is 4. The van der Waals surface area contributed by atoms with Gasteiger partial charge < -0.3 is 41.7 Å². The summed E-state index contributed by atoms with van der Waals surface area (Å²) in [5.41, 5.74) is 8.93. The molecule has 0 fully saturated rings. The standard InChI is InChI=1S/C25H29N9O5/c26-18(5-14-8-29-19-4-2-1-3-17(14)19)23(36)30-11-22(35)33-20(6-15-9-27-12-31-15)24(37)34-21(25(38)39)7-16-10-28-13-32-16/h1-4,8-10,12-13,18,20-21,29H,5-7,11,26H2,(H,27,31)(H,28,32)(H,30,36)(H,33,35)(H,34,37)(H,38,39). The van der Waals surface area contributed by atoms with Gasteiger partial charge in [0, 0.05) is 53.7 Å². The van der Waals surface area contributed by atoms with Gasteiger partial charge in [-0.1, -0.05) is 18.2 Å². The Morgan fingerprint density at radius 3 is 2.18 bits per heavy atom. The number of carbonyl (C=O) groups excluding carboxylic acids is 3. The van der Waals surface area contributed by atoms with Crippen molar-refractivity contribution in [2.24, 2.45) is 5.73 Å². The highest BCUT2D eigenvalue weighted by Gasteiger charge is 2.28. The average Bonchev–Trinajstić information content (AvgIpc) is 3.70. The quantitative estimate of drug-likeness (QED) is 0.107. The van der Waals surface area contributed by atoms with Crippen LogP contribution in [0.2, 0.25) is 0 Å². The lowest BCUT2D eigenvalue weighted by Gasteiger charge is -2.21. The number of hydrogen-bond acceptors (Lipinski definition) is 7. The largest absolute Gasteiger partial charge is 0.480 e. The first kappa shape index (κ1) is 27.1. The lowest BCUT2D eigenvalue weighted by molar-refractivity contribution is -0.142. The topological polar surface area (TPSA) is 224 Å². The molecule has 3 atom stereocenters. The number of rotatable bonds is 13. The molecule has 0 aliphatic heterocycles. The molecule has 0 aliphatic rings. The number of benzene rings is 1. The van der Waals surface area contributed by atoms with Crippen LogP contribution < -0.4 is 21.7 Å². The van der Waals surface area contributed by atoms with Gasteiger partial charge in [0.15, 0.2) is 0 Å². The Balaban J connectivity index is 1.34. The maximum Gasteiger partial charge on any atom is 0.326 e. The van der Waals surface area contributed by atoms with E-state index in [9.17, 15) is 24.3 Å². The van der Waals surface area contributed by atoms with Crippen molar-refractivity contribution in [3.05, 3.63) is 72.5 Å². The summed E-state index contributed by atoms with van der Waals surface area (Å²) < 4.78 is 0. The van der Waals surface area contributed by atoms with Gasteiger partial charge in [-0.15, -0.1) is 0 Å². The van der Waals surface area contributed by atoms with E-state index < -0.39 is 48.4 Å². The predicted molar refractivity (Wildman–Crippen MR) is 139 cm³/mol. The molecule has 0 spiro atoms. The molecule has 14 nitrogen and oxygen atoms in total. The summed E-state index contributed by atoms with van der Waals surface area (Å²) in [6, 6.07) is 4.32. The van der Waals surface area contributed by atoms with Crippen molar-refractivity contribution >= 4 is 34.6 Å². The molecule has 0 saturated heterocycles. The molecular weight excluding hydrogens is 506 g/mol. The summed E-state index contributed by atoms with van der Waals surface area (Å²) in [4.78, 5) is 66.5. The number of imidazole rings is 2. The van der Waals surface area contributed by atoms with Crippen LogP contribution in [0.4, 0.5) is 0 Å². The van der Waals surface area contributed by atoms with Crippen LogP contribution in [0, 0.1) is 0 Å². The molecule has 14 heteroatoms. The third-order valence-corrected chi connectivity index (χ3v) is 6.10. The second-order valence-electron chi connectivity index (χ2n) is 8.97. The highest BCUT2D eigenvalue weighted by atomic mass is 16.4. The molecule has 3 aromatic heterocycles. The van der Waals surface area contributed by atoms with Crippen LogP contribution in [0.5, 0.6) is 0 Å². The van der Waals surface area contributed by atoms with E-state index in [0.29, 0.717) is 11.4 Å². The number of nitrogens with two attached hydrogens (primary N) is 1. The van der Waals surface area contributed by atoms with Crippen molar-refractivity contribution in [2.45, 2.75) is 37.4 Å². The minimum atomic E-state index is -1.26. The Kier molecular flexibility index (Phi) is 8.68. The van der Waals surface area contributed by atoms with E-state index in [2.05, 4.69) is 40.9 Å². The Labute approximate surface area is 222 Å². The summed E-state index contributed by atoms with van der Waals surface area (Å²) in [7, 11) is 0. The highest BCUT2D eigenvalue weighted by molar-refractivity contribution is 5.93. The second kappa shape index (κ2) is 12.5. The molecule has 4 aromatic rings. The molecule has 0 saturated carbocycles. The molecule has 4 rings (SSSR count). The zero-order valence-electron chi connectivity index (χ0n) is 20.8. The van der Waals surface area contributed by atoms with Crippen LogP contribution in [-0.4, -0.2) is 78.4 Å². The lowest BCUT2D eigenvalue weighted by atomic mass is 10.1. The fourth-order valence-corrected chi connectivity index (χ4v) is 4.09. The van der Waals surface area contributed by atoms with Crippen molar-refractivity contribution in [1.82, 2.24) is 40.9 Å². The first-order valence-electron chi connectivity index (χ1n) is 12.2. The number of hydrogen-bond donors (Lipinski definition) is 8. The lowest BCUT2D eigenvalue weighted by Crippen LogP contribution is -2.55. The first-order chi connectivity index (χ1) is 18.8. The van der Waals surface area contributed by atoms with Gasteiger partial charge in [0.2, 0.25) is 17.7 Å². The Bertz CT molecular complexity index is 1410. The summed E-state index contributed by atoms with van der Waals surface area (Å²) in [6.07, 6.45) is 7.79. The smallest absolute Gasteiger partial charge is 0.326 e. The number of nitrogens with zero attached hydrogens (tertiary/aromatic N) is 2. The van der Waals surface area contributed by atoms with Crippen LogP contribution in [0.25, 0.3) is 10.9 Å². The van der Waals surface area contributed by atoms with Gasteiger partial charge >= 0.3 is 5.97 Å². The van der Waals surface area contributed by atoms with Gasteiger partial charge in [-0.25, -0.2) is 14.8 Å². The Morgan fingerprint density at radius 1 is 0.872 bits per heavy atom. The number of fused-ring (bicyclic) bond motifs is 1. The van der Waals surface area contributed by atoms with Gasteiger partial charge in [-0.2, -0.15) is 0 Å². The van der Waals surface area contributed by atoms with E-state index in [4.69, 9.17) is 5.73 Å². The highest BCUT2D eigenvalue weighted by Crippen LogP contribution is 2.18. The number of aromatic amines is 3. The molecule has 0 radical (unpaired) electrons. The van der Waals surface area contributed by atoms with Gasteiger partial charge in [-0.05, 0) is 18.1 Å². The van der Waals surface area contributed by atoms with E-state index in [1.54, 1.807) is 6.20 Å². The minimum Gasteiger partial charge on any atom is -0.480 e. The maximum absolute atomic E-state index is 13.0. The molecule has 204 valence electrons. The normalized spacial score (nSPS) is 13.4. The zero-order chi connectivity index (χ0) is 27.8. The van der Waals surface area contributed by atoms with Crippen molar-refractivity contribution in [2.75, 3.05) is 6.54 Å². The van der Waals surface area contributed by atoms with Gasteiger partial charge in [0.25, 0.3) is 0 Å². The number of amides is 3. The average molecular weight is 536 g/mol. The molecule has 3 amide bonds. The van der Waals surface area contributed by atoms with Crippen molar-refractivity contribution in [3.8, 4) is 0 Å². The van der Waals surface area contributed by atoms with Crippen LogP contribution in [0.1, 0.15) is 17.0 Å². The maximum atomic E-state index is 13.0. The zero-order valence-corrected chi connectivity index (χ0v) is 20.8. The van der Waals surface area contributed by atoms with E-state index >= 15 is 0 Å². The molecular formula is C25H29N9O5. The van der Waals surface area contributed by atoms with E-state index in [1.165, 1.54) is 25.0 Å². The third kappa shape index (κ3) is 7.29. The summed E-state index contributed by atoms with van der Waals surface area (Å²) in [6.45, 7) is -0.427. The number of carboxylic acid groups (broad SMARTS) is 1. The fraction of sp³-hybridized carbons (Fsp3) is 0.280. The Hall–Kier alpha value is -4.98. The summed E-state index contributed by atoms with van der Waals surface area (Å²) >= 11 is 0. The van der Waals surface area contributed by atoms with Crippen molar-refractivity contribution < 1.29 is 24.3 Å². The van der Waals surface area contributed by atoms with Gasteiger partial charge in [0.05, 0.1) is 25.2 Å². The molecule has 3 heterocycles. The molecule has 1 aromatic carbocycles. The second-order valence-corrected chi connectivity index (χ2v) is 8.97. The Morgan fingerprint density at radius 2 is 1.54 bits per heavy atom. The summed E-state index contributed by atoms with van der Waals surface area (Å²) in [5, 5.41) is 18.0. The van der Waals surface area contributed by atoms with Crippen LogP contribution in [0.3, 0.4) is 0 Å².